The average Bonchev–Trinajstić information content (AvgIpc) is 2.94. The highest BCUT2D eigenvalue weighted by atomic mass is 35.5. The van der Waals surface area contributed by atoms with Gasteiger partial charge in [0, 0.05) is 44.2 Å². The molecule has 4 rings (SSSR count). The standard InChI is InChI=1S/C30H33ClFN3O3/c31-26-10-6-24(7-11-26)21-29(36)35(22-25-8-12-27(32)13-9-25)28(20-23-4-2-1-3-5-23)30(37)33-14-15-34-16-18-38-19-17-34/h1-13,28H,14-22H2,(H,33,37)/t28-/m0/s1. The van der Waals surface area contributed by atoms with Crippen LogP contribution in [-0.2, 0) is 33.7 Å². The predicted molar refractivity (Wildman–Crippen MR) is 146 cm³/mol. The summed E-state index contributed by atoms with van der Waals surface area (Å²) in [7, 11) is 0. The zero-order valence-electron chi connectivity index (χ0n) is 21.3. The van der Waals surface area contributed by atoms with E-state index in [9.17, 15) is 14.0 Å². The van der Waals surface area contributed by atoms with Gasteiger partial charge in [-0.3, -0.25) is 14.5 Å². The predicted octanol–water partition coefficient (Wildman–Crippen LogP) is 4.11. The van der Waals surface area contributed by atoms with E-state index in [0.717, 1.165) is 29.8 Å². The van der Waals surface area contributed by atoms with Gasteiger partial charge in [0.25, 0.3) is 0 Å². The van der Waals surface area contributed by atoms with Crippen LogP contribution in [0.2, 0.25) is 5.02 Å². The molecule has 1 aliphatic rings. The molecule has 200 valence electrons. The van der Waals surface area contributed by atoms with Gasteiger partial charge >= 0.3 is 0 Å². The average molecular weight is 538 g/mol. The van der Waals surface area contributed by atoms with Crippen LogP contribution in [0.1, 0.15) is 16.7 Å². The summed E-state index contributed by atoms with van der Waals surface area (Å²) in [5.41, 5.74) is 2.49. The first-order valence-electron chi connectivity index (χ1n) is 12.9. The van der Waals surface area contributed by atoms with Gasteiger partial charge < -0.3 is 15.0 Å². The van der Waals surface area contributed by atoms with Crippen molar-refractivity contribution in [1.82, 2.24) is 15.1 Å². The largest absolute Gasteiger partial charge is 0.379 e. The molecular formula is C30H33ClFN3O3. The van der Waals surface area contributed by atoms with E-state index in [0.29, 0.717) is 37.7 Å². The van der Waals surface area contributed by atoms with Crippen molar-refractivity contribution in [2.24, 2.45) is 0 Å². The molecule has 0 unspecified atom stereocenters. The van der Waals surface area contributed by atoms with Crippen LogP contribution in [0.5, 0.6) is 0 Å². The van der Waals surface area contributed by atoms with E-state index in [1.54, 1.807) is 29.2 Å². The Morgan fingerprint density at radius 3 is 2.26 bits per heavy atom. The number of ether oxygens (including phenoxy) is 1. The summed E-state index contributed by atoms with van der Waals surface area (Å²) in [6, 6.07) is 22.1. The van der Waals surface area contributed by atoms with Crippen molar-refractivity contribution in [1.29, 1.82) is 0 Å². The van der Waals surface area contributed by atoms with E-state index in [2.05, 4.69) is 10.2 Å². The highest BCUT2D eigenvalue weighted by Gasteiger charge is 2.30. The molecule has 3 aromatic carbocycles. The van der Waals surface area contributed by atoms with Crippen molar-refractivity contribution in [3.63, 3.8) is 0 Å². The van der Waals surface area contributed by atoms with Gasteiger partial charge in [-0.2, -0.15) is 0 Å². The number of nitrogens with one attached hydrogen (secondary N) is 1. The van der Waals surface area contributed by atoms with Crippen LogP contribution in [0.15, 0.2) is 78.9 Å². The number of carbonyl (C=O) groups is 2. The molecule has 1 aliphatic heterocycles. The summed E-state index contributed by atoms with van der Waals surface area (Å²) in [5.74, 6) is -0.760. The van der Waals surface area contributed by atoms with Crippen LogP contribution in [0.4, 0.5) is 4.39 Å². The van der Waals surface area contributed by atoms with Gasteiger partial charge in [-0.15, -0.1) is 0 Å². The maximum Gasteiger partial charge on any atom is 0.243 e. The summed E-state index contributed by atoms with van der Waals surface area (Å²) in [6.07, 6.45) is 0.475. The Hall–Kier alpha value is -3.26. The van der Waals surface area contributed by atoms with E-state index in [4.69, 9.17) is 16.3 Å². The number of hydrogen-bond donors (Lipinski definition) is 1. The second-order valence-corrected chi connectivity index (χ2v) is 9.84. The zero-order valence-corrected chi connectivity index (χ0v) is 22.1. The molecule has 0 aromatic heterocycles. The number of nitrogens with zero attached hydrogens (tertiary/aromatic N) is 2. The van der Waals surface area contributed by atoms with Crippen molar-refractivity contribution >= 4 is 23.4 Å². The lowest BCUT2D eigenvalue weighted by atomic mass is 10.0. The van der Waals surface area contributed by atoms with Gasteiger partial charge in [-0.1, -0.05) is 66.2 Å². The number of rotatable bonds is 11. The number of amides is 2. The fourth-order valence-corrected chi connectivity index (χ4v) is 4.62. The molecule has 0 aliphatic carbocycles. The Balaban J connectivity index is 1.57. The first-order chi connectivity index (χ1) is 18.5. The molecule has 0 radical (unpaired) electrons. The van der Waals surface area contributed by atoms with Gasteiger partial charge in [0.2, 0.25) is 11.8 Å². The van der Waals surface area contributed by atoms with Crippen LogP contribution in [-0.4, -0.2) is 67.0 Å². The first-order valence-corrected chi connectivity index (χ1v) is 13.3. The maximum atomic E-state index is 13.7. The lowest BCUT2D eigenvalue weighted by molar-refractivity contribution is -0.140. The fraction of sp³-hybridized carbons (Fsp3) is 0.333. The Bertz CT molecular complexity index is 1170. The summed E-state index contributed by atoms with van der Waals surface area (Å²) in [6.45, 7) is 4.41. The normalized spacial score (nSPS) is 14.6. The fourth-order valence-electron chi connectivity index (χ4n) is 4.50. The van der Waals surface area contributed by atoms with Crippen LogP contribution in [0, 0.1) is 5.82 Å². The van der Waals surface area contributed by atoms with Gasteiger partial charge in [-0.05, 0) is 41.0 Å². The van der Waals surface area contributed by atoms with Crippen LogP contribution < -0.4 is 5.32 Å². The number of morpholine rings is 1. The Morgan fingerprint density at radius 1 is 0.921 bits per heavy atom. The maximum absolute atomic E-state index is 13.7. The highest BCUT2D eigenvalue weighted by molar-refractivity contribution is 6.30. The number of carbonyl (C=O) groups excluding carboxylic acids is 2. The SMILES string of the molecule is O=C(NCCN1CCOCC1)[C@H](Cc1ccccc1)N(Cc1ccc(F)cc1)C(=O)Cc1ccc(Cl)cc1. The van der Waals surface area contributed by atoms with Gasteiger partial charge in [-0.25, -0.2) is 4.39 Å². The lowest BCUT2D eigenvalue weighted by Crippen LogP contribution is -2.52. The second-order valence-electron chi connectivity index (χ2n) is 9.40. The van der Waals surface area contributed by atoms with E-state index in [1.165, 1.54) is 12.1 Å². The van der Waals surface area contributed by atoms with E-state index in [1.807, 2.05) is 42.5 Å². The molecular weight excluding hydrogens is 505 g/mol. The molecule has 1 heterocycles. The van der Waals surface area contributed by atoms with Crippen molar-refractivity contribution in [2.45, 2.75) is 25.4 Å². The molecule has 1 saturated heterocycles. The minimum Gasteiger partial charge on any atom is -0.379 e. The number of benzene rings is 3. The minimum absolute atomic E-state index is 0.116. The zero-order chi connectivity index (χ0) is 26.7. The first kappa shape index (κ1) is 27.8. The number of halogens is 2. The van der Waals surface area contributed by atoms with Gasteiger partial charge in [0.1, 0.15) is 11.9 Å². The summed E-state index contributed by atoms with van der Waals surface area (Å²) < 4.78 is 19.0. The Morgan fingerprint density at radius 2 is 1.58 bits per heavy atom. The van der Waals surface area contributed by atoms with Gasteiger partial charge in [0.15, 0.2) is 0 Å². The molecule has 2 amide bonds. The topological polar surface area (TPSA) is 61.9 Å². The summed E-state index contributed by atoms with van der Waals surface area (Å²) >= 11 is 6.03. The van der Waals surface area contributed by atoms with Crippen molar-refractivity contribution < 1.29 is 18.7 Å². The van der Waals surface area contributed by atoms with Crippen LogP contribution in [0.3, 0.4) is 0 Å². The van der Waals surface area contributed by atoms with Crippen molar-refractivity contribution in [3.8, 4) is 0 Å². The molecule has 3 aromatic rings. The summed E-state index contributed by atoms with van der Waals surface area (Å²) in [5, 5.41) is 3.65. The third-order valence-corrected chi connectivity index (χ3v) is 6.89. The second kappa shape index (κ2) is 14.0. The molecule has 0 saturated carbocycles. The Labute approximate surface area is 228 Å². The third-order valence-electron chi connectivity index (χ3n) is 6.64. The quantitative estimate of drug-likeness (QED) is 0.400. The van der Waals surface area contributed by atoms with E-state index < -0.39 is 6.04 Å². The minimum atomic E-state index is -0.744. The van der Waals surface area contributed by atoms with E-state index in [-0.39, 0.29) is 30.6 Å². The summed E-state index contributed by atoms with van der Waals surface area (Å²) in [4.78, 5) is 31.3. The third kappa shape index (κ3) is 8.38. The van der Waals surface area contributed by atoms with Crippen LogP contribution >= 0.6 is 11.6 Å². The molecule has 38 heavy (non-hydrogen) atoms. The van der Waals surface area contributed by atoms with Crippen molar-refractivity contribution in [2.75, 3.05) is 39.4 Å². The number of hydrogen-bond acceptors (Lipinski definition) is 4. The monoisotopic (exact) mass is 537 g/mol. The van der Waals surface area contributed by atoms with Crippen molar-refractivity contribution in [3.05, 3.63) is 106 Å². The highest BCUT2D eigenvalue weighted by Crippen LogP contribution is 2.18. The smallest absolute Gasteiger partial charge is 0.243 e. The molecule has 0 bridgehead atoms. The molecule has 1 fully saturated rings. The molecule has 8 heteroatoms. The van der Waals surface area contributed by atoms with Gasteiger partial charge in [0.05, 0.1) is 19.6 Å². The molecule has 0 spiro atoms. The molecule has 6 nitrogen and oxygen atoms in total. The Kier molecular flexibility index (Phi) is 10.3. The molecule has 1 N–H and O–H groups in total. The lowest BCUT2D eigenvalue weighted by Gasteiger charge is -2.32. The molecule has 1 atom stereocenters. The van der Waals surface area contributed by atoms with Crippen LogP contribution in [0.25, 0.3) is 0 Å². The van der Waals surface area contributed by atoms with E-state index >= 15 is 0 Å².